The van der Waals surface area contributed by atoms with E-state index in [2.05, 4.69) is 14.8 Å². The highest BCUT2D eigenvalue weighted by atomic mass is 32.2. The lowest BCUT2D eigenvalue weighted by atomic mass is 10.2. The van der Waals surface area contributed by atoms with Crippen molar-refractivity contribution in [2.45, 2.75) is 19.9 Å². The number of hydrogen-bond acceptors (Lipinski definition) is 4. The van der Waals surface area contributed by atoms with Crippen LogP contribution in [0.1, 0.15) is 13.8 Å². The minimum Gasteiger partial charge on any atom is -0.479 e. The summed E-state index contributed by atoms with van der Waals surface area (Å²) < 4.78 is 33.6. The molecule has 0 radical (unpaired) electrons. The highest BCUT2D eigenvalue weighted by Crippen LogP contribution is 2.35. The zero-order chi connectivity index (χ0) is 14.0. The third-order valence-corrected chi connectivity index (χ3v) is 3.54. The van der Waals surface area contributed by atoms with Crippen molar-refractivity contribution in [2.24, 2.45) is 0 Å². The molecular formula is C11H15N3O4S. The van der Waals surface area contributed by atoms with Crippen molar-refractivity contribution in [3.63, 3.8) is 0 Å². The van der Waals surface area contributed by atoms with E-state index in [0.717, 1.165) is 0 Å². The zero-order valence-electron chi connectivity index (χ0n) is 10.6. The summed E-state index contributed by atoms with van der Waals surface area (Å²) in [6.07, 6.45) is 0. The van der Waals surface area contributed by atoms with Crippen LogP contribution in [0.3, 0.4) is 0 Å². The third-order valence-electron chi connectivity index (χ3n) is 2.27. The van der Waals surface area contributed by atoms with Crippen molar-refractivity contribution < 1.29 is 17.9 Å². The van der Waals surface area contributed by atoms with Crippen LogP contribution in [0.4, 0.5) is 11.4 Å². The average molecular weight is 285 g/mol. The Bertz CT molecular complexity index is 598. The van der Waals surface area contributed by atoms with Crippen LogP contribution in [0, 0.1) is 0 Å². The van der Waals surface area contributed by atoms with Crippen LogP contribution >= 0.6 is 0 Å². The second kappa shape index (κ2) is 5.06. The van der Waals surface area contributed by atoms with Crippen molar-refractivity contribution >= 4 is 27.5 Å². The Labute approximate surface area is 111 Å². The van der Waals surface area contributed by atoms with Crippen molar-refractivity contribution in [3.8, 4) is 5.75 Å². The number of anilines is 2. The van der Waals surface area contributed by atoms with Crippen molar-refractivity contribution in [1.29, 1.82) is 0 Å². The molecule has 0 saturated heterocycles. The van der Waals surface area contributed by atoms with Crippen molar-refractivity contribution in [1.82, 2.24) is 4.72 Å². The minimum atomic E-state index is -3.67. The molecule has 1 heterocycles. The zero-order valence-corrected chi connectivity index (χ0v) is 11.4. The maximum absolute atomic E-state index is 11.8. The number of carbonyl (C=O) groups is 1. The van der Waals surface area contributed by atoms with E-state index >= 15 is 0 Å². The number of carbonyl (C=O) groups excluding carboxylic acids is 1. The number of amides is 1. The maximum atomic E-state index is 11.8. The largest absolute Gasteiger partial charge is 0.479 e. The van der Waals surface area contributed by atoms with Gasteiger partial charge < -0.3 is 10.1 Å². The summed E-state index contributed by atoms with van der Waals surface area (Å²) in [5.74, 6) is 0.0454. The molecule has 1 aliphatic rings. The lowest BCUT2D eigenvalue weighted by molar-refractivity contribution is -0.118. The third kappa shape index (κ3) is 3.36. The fourth-order valence-corrected chi connectivity index (χ4v) is 2.81. The van der Waals surface area contributed by atoms with Gasteiger partial charge in [0.2, 0.25) is 0 Å². The summed E-state index contributed by atoms with van der Waals surface area (Å²) in [5.41, 5.74) is 0.728. The van der Waals surface area contributed by atoms with Crippen LogP contribution in [0.5, 0.6) is 5.75 Å². The van der Waals surface area contributed by atoms with Crippen molar-refractivity contribution in [3.05, 3.63) is 18.2 Å². The molecule has 0 unspecified atom stereocenters. The molecule has 1 aliphatic heterocycles. The molecular weight excluding hydrogens is 270 g/mol. The Balaban J connectivity index is 2.27. The molecule has 0 aliphatic carbocycles. The van der Waals surface area contributed by atoms with Crippen LogP contribution in [0.2, 0.25) is 0 Å². The second-order valence-corrected chi connectivity index (χ2v) is 5.84. The van der Waals surface area contributed by atoms with Gasteiger partial charge in [0.1, 0.15) is 0 Å². The Kier molecular flexibility index (Phi) is 3.63. The summed E-state index contributed by atoms with van der Waals surface area (Å²) in [5, 5.41) is 2.61. The van der Waals surface area contributed by atoms with Crippen LogP contribution in [0.25, 0.3) is 0 Å². The molecule has 0 saturated carbocycles. The number of ether oxygens (including phenoxy) is 1. The first kappa shape index (κ1) is 13.6. The predicted molar refractivity (Wildman–Crippen MR) is 71.4 cm³/mol. The Morgan fingerprint density at radius 2 is 2.11 bits per heavy atom. The van der Waals surface area contributed by atoms with Gasteiger partial charge in [0.25, 0.3) is 16.1 Å². The van der Waals surface area contributed by atoms with Crippen LogP contribution in [0.15, 0.2) is 18.2 Å². The highest BCUT2D eigenvalue weighted by Gasteiger charge is 2.21. The molecule has 3 N–H and O–H groups in total. The van der Waals surface area contributed by atoms with Crippen LogP contribution < -0.4 is 19.5 Å². The summed E-state index contributed by atoms with van der Waals surface area (Å²) in [7, 11) is -3.67. The first-order valence-corrected chi connectivity index (χ1v) is 7.21. The van der Waals surface area contributed by atoms with E-state index in [1.54, 1.807) is 32.0 Å². The lowest BCUT2D eigenvalue weighted by Crippen LogP contribution is -2.35. The topological polar surface area (TPSA) is 96.5 Å². The van der Waals surface area contributed by atoms with E-state index in [-0.39, 0.29) is 24.2 Å². The van der Waals surface area contributed by atoms with E-state index in [9.17, 15) is 13.2 Å². The smallest absolute Gasteiger partial charge is 0.299 e. The van der Waals surface area contributed by atoms with Crippen LogP contribution in [-0.2, 0) is 15.0 Å². The molecule has 0 bridgehead atoms. The SMILES string of the molecule is CC(C)NS(=O)(=O)Nc1cccc2c1OCC(=O)N2. The van der Waals surface area contributed by atoms with Gasteiger partial charge in [-0.1, -0.05) is 6.07 Å². The molecule has 2 rings (SSSR count). The predicted octanol–water partition coefficient (Wildman–Crippen LogP) is 0.672. The van der Waals surface area contributed by atoms with Gasteiger partial charge >= 0.3 is 0 Å². The molecule has 1 amide bonds. The summed E-state index contributed by atoms with van der Waals surface area (Å²) in [4.78, 5) is 11.2. The van der Waals surface area contributed by atoms with Crippen molar-refractivity contribution in [2.75, 3.05) is 16.6 Å². The Hall–Kier alpha value is -1.80. The Morgan fingerprint density at radius 1 is 1.37 bits per heavy atom. The molecule has 0 aromatic heterocycles. The first-order chi connectivity index (χ1) is 8.87. The number of benzene rings is 1. The summed E-state index contributed by atoms with van der Waals surface area (Å²) in [6.45, 7) is 3.30. The number of nitrogens with one attached hydrogen (secondary N) is 3. The molecule has 0 spiro atoms. The average Bonchev–Trinajstić information content (AvgIpc) is 2.26. The molecule has 0 atom stereocenters. The van der Waals surface area contributed by atoms with E-state index in [1.165, 1.54) is 0 Å². The van der Waals surface area contributed by atoms with Gasteiger partial charge in [0, 0.05) is 6.04 Å². The fraction of sp³-hybridized carbons (Fsp3) is 0.364. The summed E-state index contributed by atoms with van der Waals surface area (Å²) >= 11 is 0. The van der Waals surface area contributed by atoms with Gasteiger partial charge in [0.15, 0.2) is 12.4 Å². The van der Waals surface area contributed by atoms with Crippen LogP contribution in [-0.4, -0.2) is 27.0 Å². The van der Waals surface area contributed by atoms with E-state index < -0.39 is 10.2 Å². The standard InChI is InChI=1S/C11H15N3O4S/c1-7(2)13-19(16,17)14-9-5-3-4-8-11(9)18-6-10(15)12-8/h3-5,7,13-14H,6H2,1-2H3,(H,12,15). The number of hydrogen-bond donors (Lipinski definition) is 3. The Morgan fingerprint density at radius 3 is 2.79 bits per heavy atom. The maximum Gasteiger partial charge on any atom is 0.299 e. The molecule has 104 valence electrons. The van der Waals surface area contributed by atoms with E-state index in [4.69, 9.17) is 4.74 Å². The summed E-state index contributed by atoms with van der Waals surface area (Å²) in [6, 6.07) is 4.61. The molecule has 19 heavy (non-hydrogen) atoms. The van der Waals surface area contributed by atoms with Gasteiger partial charge in [-0.3, -0.25) is 9.52 Å². The number of fused-ring (bicyclic) bond motifs is 1. The number of para-hydroxylation sites is 1. The lowest BCUT2D eigenvalue weighted by Gasteiger charge is -2.21. The first-order valence-electron chi connectivity index (χ1n) is 5.73. The van der Waals surface area contributed by atoms with Gasteiger partial charge in [-0.25, -0.2) is 0 Å². The number of rotatable bonds is 4. The molecule has 7 nitrogen and oxygen atoms in total. The molecule has 1 aromatic rings. The fourth-order valence-electron chi connectivity index (χ4n) is 1.68. The quantitative estimate of drug-likeness (QED) is 0.757. The molecule has 8 heteroatoms. The minimum absolute atomic E-state index is 0.136. The molecule has 1 aromatic carbocycles. The molecule has 0 fully saturated rings. The van der Waals surface area contributed by atoms with Gasteiger partial charge in [-0.15, -0.1) is 0 Å². The van der Waals surface area contributed by atoms with Gasteiger partial charge in [-0.05, 0) is 26.0 Å². The normalized spacial score (nSPS) is 14.6. The van der Waals surface area contributed by atoms with Gasteiger partial charge in [-0.2, -0.15) is 13.1 Å². The monoisotopic (exact) mass is 285 g/mol. The highest BCUT2D eigenvalue weighted by molar-refractivity contribution is 7.90. The van der Waals surface area contributed by atoms with E-state index in [1.807, 2.05) is 0 Å². The second-order valence-electron chi connectivity index (χ2n) is 4.40. The van der Waals surface area contributed by atoms with E-state index in [0.29, 0.717) is 11.4 Å². The van der Waals surface area contributed by atoms with Gasteiger partial charge in [0.05, 0.1) is 11.4 Å².